The number of nitrogens with zero attached hydrogens (tertiary/aromatic N) is 2. The summed E-state index contributed by atoms with van der Waals surface area (Å²) in [6, 6.07) is 8.41. The minimum absolute atomic E-state index is 0. The second-order valence-electron chi connectivity index (χ2n) is 4.95. The molecular weight excluding hydrogens is 500 g/mol. The lowest BCUT2D eigenvalue weighted by Gasteiger charge is -2.12. The molecule has 0 radical (unpaired) electrons. The molecule has 0 aliphatic rings. The van der Waals surface area contributed by atoms with Gasteiger partial charge < -0.3 is 15.8 Å². The fourth-order valence-corrected chi connectivity index (χ4v) is 2.62. The second-order valence-corrected chi connectivity index (χ2v) is 5.80. The summed E-state index contributed by atoms with van der Waals surface area (Å²) in [5.74, 6) is 0.00104. The van der Waals surface area contributed by atoms with E-state index in [1.807, 2.05) is 18.2 Å². The molecule has 142 valence electrons. The lowest BCUT2D eigenvalue weighted by Crippen LogP contribution is -2.33. The largest absolute Gasteiger partial charge is 0.433 e. The van der Waals surface area contributed by atoms with E-state index in [2.05, 4.69) is 20.0 Å². The maximum atomic E-state index is 12.5. The maximum absolute atomic E-state index is 12.5. The molecule has 0 aliphatic heterocycles. The predicted molar refractivity (Wildman–Crippen MR) is 110 cm³/mol. The van der Waals surface area contributed by atoms with Gasteiger partial charge in [-0.3, -0.25) is 4.98 Å². The van der Waals surface area contributed by atoms with Gasteiger partial charge in [-0.1, -0.05) is 29.3 Å². The highest BCUT2D eigenvalue weighted by Gasteiger charge is 2.15. The van der Waals surface area contributed by atoms with Crippen LogP contribution in [0.25, 0.3) is 0 Å². The summed E-state index contributed by atoms with van der Waals surface area (Å²) in [6.07, 6.45) is 2.38. The smallest absolute Gasteiger partial charge is 0.387 e. The normalized spacial score (nSPS) is 11.2. The number of nitrogens with two attached hydrogens (primary N) is 1. The first-order valence-corrected chi connectivity index (χ1v) is 8.07. The average Bonchev–Trinajstić information content (AvgIpc) is 2.56. The number of hydrogen-bond donors (Lipinski definition) is 2. The summed E-state index contributed by atoms with van der Waals surface area (Å²) >= 11 is 11.8. The molecule has 26 heavy (non-hydrogen) atoms. The highest BCUT2D eigenvalue weighted by Crippen LogP contribution is 2.34. The molecule has 3 N–H and O–H groups in total. The Balaban J connectivity index is 0.00000338. The summed E-state index contributed by atoms with van der Waals surface area (Å²) in [5.41, 5.74) is 7.00. The molecule has 1 aromatic carbocycles. The number of aromatic nitrogens is 1. The third-order valence-corrected chi connectivity index (χ3v) is 3.62. The van der Waals surface area contributed by atoms with Crippen molar-refractivity contribution in [3.63, 3.8) is 0 Å². The van der Waals surface area contributed by atoms with E-state index in [9.17, 15) is 8.78 Å². The molecular formula is C16H17Cl2F2IN4O. The molecule has 10 heteroatoms. The molecule has 0 atom stereocenters. The standard InChI is InChI=1S/C16H16Cl2F2N4O.HI/c17-11-7-10(14(13(18)8-11)25-15(19)20)9-24-16(21)23-6-4-12-3-1-2-5-22-12;/h1-3,5,7-8,15H,4,6,9H2,(H3,21,23,24);1H. The van der Waals surface area contributed by atoms with Crippen molar-refractivity contribution in [2.45, 2.75) is 19.6 Å². The van der Waals surface area contributed by atoms with Crippen molar-refractivity contribution < 1.29 is 13.5 Å². The van der Waals surface area contributed by atoms with Gasteiger partial charge in [0.2, 0.25) is 0 Å². The third kappa shape index (κ3) is 7.46. The fourth-order valence-electron chi connectivity index (χ4n) is 2.04. The van der Waals surface area contributed by atoms with E-state index in [-0.39, 0.29) is 47.3 Å². The van der Waals surface area contributed by atoms with Gasteiger partial charge in [0, 0.05) is 35.4 Å². The molecule has 5 nitrogen and oxygen atoms in total. The SMILES string of the molecule is I.NC(=NCc1cc(Cl)cc(Cl)c1OC(F)F)NCCc1ccccn1. The number of ether oxygens (including phenoxy) is 1. The van der Waals surface area contributed by atoms with Gasteiger partial charge in [0.15, 0.2) is 5.96 Å². The third-order valence-electron chi connectivity index (χ3n) is 3.13. The number of halogens is 5. The van der Waals surface area contributed by atoms with Gasteiger partial charge in [-0.25, -0.2) is 4.99 Å². The summed E-state index contributed by atoms with van der Waals surface area (Å²) in [7, 11) is 0. The summed E-state index contributed by atoms with van der Waals surface area (Å²) in [5, 5.41) is 3.20. The fraction of sp³-hybridized carbons (Fsp3) is 0.250. The van der Waals surface area contributed by atoms with Crippen LogP contribution in [-0.2, 0) is 13.0 Å². The number of aliphatic imine (C=N–C) groups is 1. The van der Waals surface area contributed by atoms with Gasteiger partial charge in [0.25, 0.3) is 0 Å². The molecule has 1 heterocycles. The molecule has 1 aromatic heterocycles. The van der Waals surface area contributed by atoms with Crippen LogP contribution in [0.4, 0.5) is 8.78 Å². The van der Waals surface area contributed by atoms with Crippen LogP contribution < -0.4 is 15.8 Å². The number of nitrogens with one attached hydrogen (secondary N) is 1. The Bertz CT molecular complexity index is 736. The number of pyridine rings is 1. The van der Waals surface area contributed by atoms with Crippen molar-refractivity contribution in [3.05, 3.63) is 57.8 Å². The molecule has 0 amide bonds. The molecule has 0 saturated carbocycles. The van der Waals surface area contributed by atoms with Gasteiger partial charge in [0.1, 0.15) is 5.75 Å². The van der Waals surface area contributed by atoms with E-state index in [0.717, 1.165) is 5.69 Å². The lowest BCUT2D eigenvalue weighted by molar-refractivity contribution is -0.0503. The first kappa shape index (κ1) is 22.7. The van der Waals surface area contributed by atoms with Crippen LogP contribution in [0, 0.1) is 0 Å². The first-order chi connectivity index (χ1) is 12.0. The van der Waals surface area contributed by atoms with Crippen LogP contribution in [0.15, 0.2) is 41.5 Å². The van der Waals surface area contributed by atoms with Crippen LogP contribution in [0.1, 0.15) is 11.3 Å². The number of benzene rings is 1. The van der Waals surface area contributed by atoms with Crippen LogP contribution in [-0.4, -0.2) is 24.1 Å². The lowest BCUT2D eigenvalue weighted by atomic mass is 10.2. The first-order valence-electron chi connectivity index (χ1n) is 7.32. The van der Waals surface area contributed by atoms with Gasteiger partial charge in [-0.15, -0.1) is 24.0 Å². The highest BCUT2D eigenvalue weighted by atomic mass is 127. The Morgan fingerprint density at radius 3 is 2.73 bits per heavy atom. The van der Waals surface area contributed by atoms with Crippen molar-refractivity contribution in [2.75, 3.05) is 6.54 Å². The van der Waals surface area contributed by atoms with Crippen LogP contribution in [0.2, 0.25) is 10.0 Å². The van der Waals surface area contributed by atoms with Crippen molar-refractivity contribution in [3.8, 4) is 5.75 Å². The van der Waals surface area contributed by atoms with Gasteiger partial charge in [-0.2, -0.15) is 8.78 Å². The number of hydrogen-bond acceptors (Lipinski definition) is 3. The van der Waals surface area contributed by atoms with Crippen molar-refractivity contribution in [1.82, 2.24) is 10.3 Å². The highest BCUT2D eigenvalue weighted by molar-refractivity contribution is 14.0. The molecule has 2 aromatic rings. The van der Waals surface area contributed by atoms with E-state index in [4.69, 9.17) is 28.9 Å². The van der Waals surface area contributed by atoms with Crippen molar-refractivity contribution >= 4 is 53.1 Å². The van der Waals surface area contributed by atoms with Crippen LogP contribution in [0.3, 0.4) is 0 Å². The zero-order chi connectivity index (χ0) is 18.2. The maximum Gasteiger partial charge on any atom is 0.387 e. The number of alkyl halides is 2. The second kappa shape index (κ2) is 11.3. The van der Waals surface area contributed by atoms with Gasteiger partial charge in [0.05, 0.1) is 11.6 Å². The van der Waals surface area contributed by atoms with E-state index < -0.39 is 6.61 Å². The van der Waals surface area contributed by atoms with Crippen molar-refractivity contribution in [1.29, 1.82) is 0 Å². The molecule has 0 bridgehead atoms. The summed E-state index contributed by atoms with van der Waals surface area (Å²) in [4.78, 5) is 8.29. The Morgan fingerprint density at radius 1 is 1.31 bits per heavy atom. The average molecular weight is 517 g/mol. The monoisotopic (exact) mass is 516 g/mol. The van der Waals surface area contributed by atoms with E-state index in [1.165, 1.54) is 12.1 Å². The Kier molecular flexibility index (Phi) is 9.89. The number of guanidine groups is 1. The minimum Gasteiger partial charge on any atom is -0.433 e. The molecule has 2 rings (SSSR count). The Labute approximate surface area is 177 Å². The summed E-state index contributed by atoms with van der Waals surface area (Å²) < 4.78 is 29.5. The van der Waals surface area contributed by atoms with Crippen molar-refractivity contribution in [2.24, 2.45) is 10.7 Å². The molecule has 0 unspecified atom stereocenters. The summed E-state index contributed by atoms with van der Waals surface area (Å²) in [6.45, 7) is -2.48. The van der Waals surface area contributed by atoms with Gasteiger partial charge in [-0.05, 0) is 24.3 Å². The molecule has 0 fully saturated rings. The topological polar surface area (TPSA) is 72.5 Å². The minimum atomic E-state index is -3.00. The molecule has 0 aliphatic carbocycles. The van der Waals surface area contributed by atoms with E-state index in [1.54, 1.807) is 6.20 Å². The van der Waals surface area contributed by atoms with E-state index >= 15 is 0 Å². The van der Waals surface area contributed by atoms with E-state index in [0.29, 0.717) is 23.6 Å². The quantitative estimate of drug-likeness (QED) is 0.328. The van der Waals surface area contributed by atoms with Crippen LogP contribution in [0.5, 0.6) is 5.75 Å². The van der Waals surface area contributed by atoms with Gasteiger partial charge >= 0.3 is 6.61 Å². The Hall–Kier alpha value is -1.39. The molecule has 0 saturated heterocycles. The number of rotatable bonds is 7. The Morgan fingerprint density at radius 2 is 2.08 bits per heavy atom. The predicted octanol–water partition coefficient (Wildman–Crippen LogP) is 4.25. The zero-order valence-corrected chi connectivity index (χ0v) is 17.3. The van der Waals surface area contributed by atoms with Crippen LogP contribution >= 0.6 is 47.2 Å². The zero-order valence-electron chi connectivity index (χ0n) is 13.5. The molecule has 0 spiro atoms.